The third kappa shape index (κ3) is 1.99. The second-order valence-electron chi connectivity index (χ2n) is 5.42. The lowest BCUT2D eigenvalue weighted by Gasteiger charge is -2.30. The van der Waals surface area contributed by atoms with E-state index in [0.717, 1.165) is 12.8 Å². The summed E-state index contributed by atoms with van der Waals surface area (Å²) in [6.07, 6.45) is 1.97. The van der Waals surface area contributed by atoms with E-state index < -0.39 is 5.97 Å². The summed E-state index contributed by atoms with van der Waals surface area (Å²) in [6, 6.07) is 6.74. The van der Waals surface area contributed by atoms with E-state index in [0.29, 0.717) is 17.7 Å². The molecular weight excluding hydrogens is 258 g/mol. The fraction of sp³-hybridized carbons (Fsp3) is 0.400. The number of benzene rings is 1. The molecule has 1 saturated heterocycles. The van der Waals surface area contributed by atoms with Crippen LogP contribution in [0.4, 0.5) is 5.69 Å². The zero-order valence-electron chi connectivity index (χ0n) is 10.9. The first-order chi connectivity index (χ1) is 9.58. The van der Waals surface area contributed by atoms with Gasteiger partial charge in [-0.1, -0.05) is 18.2 Å². The number of hydrogen-bond acceptors (Lipinski definition) is 3. The van der Waals surface area contributed by atoms with Gasteiger partial charge in [-0.15, -0.1) is 0 Å². The lowest BCUT2D eigenvalue weighted by Crippen LogP contribution is -2.46. The number of carbonyl (C=O) groups excluding carboxylic acids is 2. The van der Waals surface area contributed by atoms with Crippen LogP contribution in [0.15, 0.2) is 24.3 Å². The van der Waals surface area contributed by atoms with E-state index in [1.54, 1.807) is 24.3 Å². The molecule has 1 aromatic carbocycles. The van der Waals surface area contributed by atoms with Gasteiger partial charge in [0, 0.05) is 11.8 Å². The zero-order chi connectivity index (χ0) is 14.3. The van der Waals surface area contributed by atoms with Crippen molar-refractivity contribution < 1.29 is 19.5 Å². The Morgan fingerprint density at radius 3 is 2.35 bits per heavy atom. The maximum atomic E-state index is 12.4. The van der Waals surface area contributed by atoms with Gasteiger partial charge in [-0.2, -0.15) is 0 Å². The lowest BCUT2D eigenvalue weighted by molar-refractivity contribution is -0.136. The highest BCUT2D eigenvalue weighted by atomic mass is 16.4. The average Bonchev–Trinajstić information content (AvgIpc) is 2.85. The second-order valence-corrected chi connectivity index (χ2v) is 5.42. The summed E-state index contributed by atoms with van der Waals surface area (Å²) >= 11 is 0. The molecule has 2 bridgehead atoms. The first-order valence-corrected chi connectivity index (χ1v) is 6.75. The molecule has 2 atom stereocenters. The van der Waals surface area contributed by atoms with Gasteiger partial charge in [0.25, 0.3) is 0 Å². The quantitative estimate of drug-likeness (QED) is 0.849. The molecule has 2 aliphatic rings. The first kappa shape index (κ1) is 12.8. The smallest absolute Gasteiger partial charge is 0.307 e. The summed E-state index contributed by atoms with van der Waals surface area (Å²) in [7, 11) is 0. The molecule has 2 amide bonds. The van der Waals surface area contributed by atoms with Crippen molar-refractivity contribution in [1.82, 2.24) is 0 Å². The number of rotatable bonds is 3. The van der Waals surface area contributed by atoms with Gasteiger partial charge in [0.05, 0.1) is 12.1 Å². The predicted molar refractivity (Wildman–Crippen MR) is 71.1 cm³/mol. The monoisotopic (exact) mass is 273 g/mol. The normalized spacial score (nSPS) is 25.1. The van der Waals surface area contributed by atoms with Crippen molar-refractivity contribution in [2.45, 2.75) is 25.7 Å². The predicted octanol–water partition coefficient (Wildman–Crippen LogP) is 1.60. The fourth-order valence-corrected chi connectivity index (χ4v) is 3.18. The van der Waals surface area contributed by atoms with Crippen LogP contribution in [0.1, 0.15) is 24.8 Å². The molecule has 5 nitrogen and oxygen atoms in total. The maximum absolute atomic E-state index is 12.4. The molecule has 2 unspecified atom stereocenters. The summed E-state index contributed by atoms with van der Waals surface area (Å²) in [5, 5.41) is 8.95. The number of nitrogens with zero attached hydrogens (tertiary/aromatic N) is 1. The van der Waals surface area contributed by atoms with Crippen molar-refractivity contribution >= 4 is 23.5 Å². The minimum absolute atomic E-state index is 0.0874. The lowest BCUT2D eigenvalue weighted by atomic mass is 9.95. The molecule has 20 heavy (non-hydrogen) atoms. The Morgan fingerprint density at radius 1 is 1.15 bits per heavy atom. The van der Waals surface area contributed by atoms with Crippen LogP contribution < -0.4 is 4.90 Å². The molecule has 1 heterocycles. The zero-order valence-corrected chi connectivity index (χ0v) is 10.9. The Labute approximate surface area is 116 Å². The van der Waals surface area contributed by atoms with Crippen LogP contribution in [0, 0.1) is 11.8 Å². The van der Waals surface area contributed by atoms with Crippen molar-refractivity contribution in [3.05, 3.63) is 29.8 Å². The van der Waals surface area contributed by atoms with E-state index in [2.05, 4.69) is 0 Å². The highest BCUT2D eigenvalue weighted by Gasteiger charge is 2.46. The van der Waals surface area contributed by atoms with Gasteiger partial charge in [-0.25, -0.2) is 4.90 Å². The number of para-hydroxylation sites is 1. The number of carboxylic acid groups (broad SMARTS) is 1. The number of fused-ring (bicyclic) bond motifs is 2. The SMILES string of the molecule is O=C(O)Cc1ccccc1N1C(=O)C2CCC(C2)C1=O. The van der Waals surface area contributed by atoms with Gasteiger partial charge in [0.15, 0.2) is 0 Å². The van der Waals surface area contributed by atoms with E-state index in [1.165, 1.54) is 4.90 Å². The Balaban J connectivity index is 2.02. The van der Waals surface area contributed by atoms with Crippen LogP contribution in [-0.2, 0) is 20.8 Å². The second kappa shape index (κ2) is 4.74. The molecule has 0 radical (unpaired) electrons. The van der Waals surface area contributed by atoms with Crippen LogP contribution in [0.25, 0.3) is 0 Å². The van der Waals surface area contributed by atoms with E-state index in [1.807, 2.05) is 0 Å². The van der Waals surface area contributed by atoms with Crippen molar-refractivity contribution in [2.24, 2.45) is 11.8 Å². The van der Waals surface area contributed by atoms with Gasteiger partial charge < -0.3 is 5.11 Å². The number of hydrogen-bond donors (Lipinski definition) is 1. The molecular formula is C15H15NO4. The number of carbonyl (C=O) groups is 3. The average molecular weight is 273 g/mol. The summed E-state index contributed by atoms with van der Waals surface area (Å²) in [4.78, 5) is 36.9. The minimum Gasteiger partial charge on any atom is -0.481 e. The molecule has 1 aromatic rings. The third-order valence-corrected chi connectivity index (χ3v) is 4.15. The Bertz CT molecular complexity index is 573. The number of carboxylic acids is 1. The Morgan fingerprint density at radius 2 is 1.75 bits per heavy atom. The van der Waals surface area contributed by atoms with E-state index >= 15 is 0 Å². The number of aliphatic carboxylic acids is 1. The molecule has 1 aliphatic carbocycles. The molecule has 0 spiro atoms. The van der Waals surface area contributed by atoms with Gasteiger partial charge in [-0.05, 0) is 30.9 Å². The van der Waals surface area contributed by atoms with Gasteiger partial charge in [0.1, 0.15) is 0 Å². The number of anilines is 1. The fourth-order valence-electron chi connectivity index (χ4n) is 3.18. The number of imide groups is 1. The highest BCUT2D eigenvalue weighted by Crippen LogP contribution is 2.40. The third-order valence-electron chi connectivity index (χ3n) is 4.15. The van der Waals surface area contributed by atoms with Gasteiger partial charge >= 0.3 is 5.97 Å². The summed E-state index contributed by atoms with van der Waals surface area (Å²) in [5.74, 6) is -1.51. The molecule has 104 valence electrons. The van der Waals surface area contributed by atoms with E-state index in [9.17, 15) is 14.4 Å². The maximum Gasteiger partial charge on any atom is 0.307 e. The molecule has 1 N–H and O–H groups in total. The van der Waals surface area contributed by atoms with E-state index in [4.69, 9.17) is 5.11 Å². The van der Waals surface area contributed by atoms with Gasteiger partial charge in [-0.3, -0.25) is 14.4 Å². The summed E-state index contributed by atoms with van der Waals surface area (Å²) in [6.45, 7) is 0. The van der Waals surface area contributed by atoms with Crippen LogP contribution in [0.3, 0.4) is 0 Å². The van der Waals surface area contributed by atoms with Crippen LogP contribution in [-0.4, -0.2) is 22.9 Å². The van der Waals surface area contributed by atoms with Crippen molar-refractivity contribution in [3.8, 4) is 0 Å². The number of amides is 2. The van der Waals surface area contributed by atoms with Crippen LogP contribution in [0.5, 0.6) is 0 Å². The summed E-state index contributed by atoms with van der Waals surface area (Å²) in [5.41, 5.74) is 0.935. The molecule has 5 heteroatoms. The van der Waals surface area contributed by atoms with Crippen molar-refractivity contribution in [2.75, 3.05) is 4.90 Å². The Kier molecular flexibility index (Phi) is 3.04. The Hall–Kier alpha value is -2.17. The molecule has 0 aromatic heterocycles. The van der Waals surface area contributed by atoms with E-state index in [-0.39, 0.29) is 30.1 Å². The largest absolute Gasteiger partial charge is 0.481 e. The highest BCUT2D eigenvalue weighted by molar-refractivity contribution is 6.19. The first-order valence-electron chi connectivity index (χ1n) is 6.75. The van der Waals surface area contributed by atoms with Crippen LogP contribution in [0.2, 0.25) is 0 Å². The van der Waals surface area contributed by atoms with Crippen molar-refractivity contribution in [1.29, 1.82) is 0 Å². The number of piperidine rings is 1. The standard InChI is InChI=1S/C15H15NO4/c17-13(18)8-9-3-1-2-4-12(9)16-14(19)10-5-6-11(7-10)15(16)20/h1-4,10-11H,5-8H2,(H,17,18). The van der Waals surface area contributed by atoms with Crippen molar-refractivity contribution in [3.63, 3.8) is 0 Å². The topological polar surface area (TPSA) is 74.7 Å². The minimum atomic E-state index is -0.975. The molecule has 3 rings (SSSR count). The van der Waals surface area contributed by atoms with Crippen LogP contribution >= 0.6 is 0 Å². The molecule has 2 fully saturated rings. The van der Waals surface area contributed by atoms with Gasteiger partial charge in [0.2, 0.25) is 11.8 Å². The summed E-state index contributed by atoms with van der Waals surface area (Å²) < 4.78 is 0. The molecule has 1 saturated carbocycles. The molecule has 1 aliphatic heterocycles.